The number of carbonyl (C=O) groups is 3. The van der Waals surface area contributed by atoms with Gasteiger partial charge < -0.3 is 19.3 Å². The summed E-state index contributed by atoms with van der Waals surface area (Å²) in [5, 5.41) is 2.33. The van der Waals surface area contributed by atoms with Gasteiger partial charge in [-0.3, -0.25) is 4.90 Å². The molecule has 3 rings (SSSR count). The van der Waals surface area contributed by atoms with Gasteiger partial charge in [-0.15, -0.1) is 11.3 Å². The number of rotatable bonds is 3. The number of carbonyl (C=O) groups excluding carboxylic acids is 3. The van der Waals surface area contributed by atoms with Gasteiger partial charge in [0, 0.05) is 31.1 Å². The monoisotopic (exact) mass is 408 g/mol. The van der Waals surface area contributed by atoms with E-state index >= 15 is 0 Å². The fourth-order valence-corrected chi connectivity index (χ4v) is 3.85. The third-order valence-corrected chi connectivity index (χ3v) is 5.22. The molecule has 2 saturated heterocycles. The number of aromatic nitrogens is 1. The first-order chi connectivity index (χ1) is 13.2. The minimum atomic E-state index is -0.555. The van der Waals surface area contributed by atoms with Crippen LogP contribution in [0.5, 0.6) is 0 Å². The molecule has 28 heavy (non-hydrogen) atoms. The second-order valence-electron chi connectivity index (χ2n) is 7.58. The molecular formula is C18H24N4O5S. The summed E-state index contributed by atoms with van der Waals surface area (Å²) in [4.78, 5) is 45.7. The van der Waals surface area contributed by atoms with Crippen LogP contribution < -0.4 is 4.90 Å². The van der Waals surface area contributed by atoms with Crippen LogP contribution in [-0.2, 0) is 14.3 Å². The predicted molar refractivity (Wildman–Crippen MR) is 104 cm³/mol. The number of urea groups is 1. The molecule has 3 amide bonds. The number of esters is 1. The quantitative estimate of drug-likeness (QED) is 0.562. The molecule has 0 N–H and O–H groups in total. The molecule has 10 heteroatoms. The van der Waals surface area contributed by atoms with Crippen molar-refractivity contribution in [2.75, 3.05) is 38.2 Å². The highest BCUT2D eigenvalue weighted by atomic mass is 32.1. The van der Waals surface area contributed by atoms with Gasteiger partial charge in [0.15, 0.2) is 5.13 Å². The number of amides is 3. The van der Waals surface area contributed by atoms with Gasteiger partial charge in [0.1, 0.15) is 5.60 Å². The van der Waals surface area contributed by atoms with E-state index in [1.165, 1.54) is 24.5 Å². The summed E-state index contributed by atoms with van der Waals surface area (Å²) >= 11 is 1.33. The predicted octanol–water partition coefficient (Wildman–Crippen LogP) is 2.19. The van der Waals surface area contributed by atoms with Gasteiger partial charge in [-0.05, 0) is 26.8 Å². The Kier molecular flexibility index (Phi) is 5.59. The van der Waals surface area contributed by atoms with Gasteiger partial charge in [0.05, 0.1) is 25.4 Å². The zero-order valence-corrected chi connectivity index (χ0v) is 17.2. The van der Waals surface area contributed by atoms with Gasteiger partial charge in [0.2, 0.25) is 0 Å². The highest BCUT2D eigenvalue weighted by Gasteiger charge is 2.43. The van der Waals surface area contributed by atoms with Gasteiger partial charge in [-0.2, -0.15) is 0 Å². The van der Waals surface area contributed by atoms with Crippen molar-refractivity contribution in [3.05, 3.63) is 17.2 Å². The summed E-state index contributed by atoms with van der Waals surface area (Å²) in [6.45, 7) is 7.27. The number of anilines is 1. The Labute approximate surface area is 167 Å². The molecule has 0 aliphatic carbocycles. The van der Waals surface area contributed by atoms with Crippen molar-refractivity contribution in [1.29, 1.82) is 0 Å². The van der Waals surface area contributed by atoms with Crippen molar-refractivity contribution in [2.24, 2.45) is 0 Å². The Morgan fingerprint density at radius 3 is 2.71 bits per heavy atom. The molecular weight excluding hydrogens is 384 g/mol. The summed E-state index contributed by atoms with van der Waals surface area (Å²) < 4.78 is 9.99. The lowest BCUT2D eigenvalue weighted by Crippen LogP contribution is -2.54. The number of ether oxygens (including phenoxy) is 2. The molecule has 2 aliphatic heterocycles. The van der Waals surface area contributed by atoms with Crippen LogP contribution in [0.1, 0.15) is 26.5 Å². The number of nitrogens with zero attached hydrogens (tertiary/aromatic N) is 4. The normalized spacial score (nSPS) is 19.9. The largest absolute Gasteiger partial charge is 0.466 e. The summed E-state index contributed by atoms with van der Waals surface area (Å²) in [7, 11) is 1.30. The van der Waals surface area contributed by atoms with Crippen LogP contribution in [0.15, 0.2) is 11.5 Å². The van der Waals surface area contributed by atoms with Crippen molar-refractivity contribution < 1.29 is 23.9 Å². The zero-order chi connectivity index (χ0) is 20.5. The maximum atomic E-state index is 12.8. The minimum Gasteiger partial charge on any atom is -0.466 e. The highest BCUT2D eigenvalue weighted by Crippen LogP contribution is 2.29. The standard InChI is InChI=1S/C18H24N4O5S/c1-18(2,3)27-17(25)20-7-8-21-13(9-20)10-22(16(21)24)15-19-12(11-28-15)5-6-14(23)26-4/h5-6,11,13H,7-10H2,1-4H3/t13-/m0/s1. The van der Waals surface area contributed by atoms with E-state index in [1.807, 2.05) is 20.8 Å². The van der Waals surface area contributed by atoms with Crippen molar-refractivity contribution in [2.45, 2.75) is 32.4 Å². The number of piperazine rings is 1. The van der Waals surface area contributed by atoms with E-state index in [0.717, 1.165) is 0 Å². The molecule has 0 unspecified atom stereocenters. The van der Waals surface area contributed by atoms with Crippen molar-refractivity contribution in [3.8, 4) is 0 Å². The van der Waals surface area contributed by atoms with E-state index < -0.39 is 11.6 Å². The van der Waals surface area contributed by atoms with E-state index in [0.29, 0.717) is 37.0 Å². The molecule has 0 aromatic carbocycles. The van der Waals surface area contributed by atoms with Crippen LogP contribution in [0.2, 0.25) is 0 Å². The van der Waals surface area contributed by atoms with Gasteiger partial charge in [-0.25, -0.2) is 19.4 Å². The number of hydrogen-bond acceptors (Lipinski definition) is 7. The first-order valence-electron chi connectivity index (χ1n) is 8.95. The van der Waals surface area contributed by atoms with Crippen LogP contribution in [-0.4, -0.2) is 77.8 Å². The Bertz CT molecular complexity index is 800. The van der Waals surface area contributed by atoms with E-state index in [4.69, 9.17) is 4.74 Å². The first-order valence-corrected chi connectivity index (χ1v) is 9.83. The van der Waals surface area contributed by atoms with Crippen LogP contribution in [0, 0.1) is 0 Å². The molecule has 1 aromatic rings. The third kappa shape index (κ3) is 4.44. The van der Waals surface area contributed by atoms with Crippen molar-refractivity contribution in [1.82, 2.24) is 14.8 Å². The van der Waals surface area contributed by atoms with E-state index in [-0.39, 0.29) is 18.2 Å². The molecule has 0 spiro atoms. The van der Waals surface area contributed by atoms with Gasteiger partial charge in [-0.1, -0.05) is 0 Å². The molecule has 2 aliphatic rings. The molecule has 3 heterocycles. The Morgan fingerprint density at radius 1 is 1.29 bits per heavy atom. The highest BCUT2D eigenvalue weighted by molar-refractivity contribution is 7.14. The Morgan fingerprint density at radius 2 is 2.04 bits per heavy atom. The number of thiazole rings is 1. The van der Waals surface area contributed by atoms with E-state index in [9.17, 15) is 14.4 Å². The summed E-state index contributed by atoms with van der Waals surface area (Å²) in [5.41, 5.74) is 0.0271. The fraction of sp³-hybridized carbons (Fsp3) is 0.556. The molecule has 0 radical (unpaired) electrons. The van der Waals surface area contributed by atoms with Crippen LogP contribution in [0.25, 0.3) is 6.08 Å². The molecule has 0 bridgehead atoms. The number of hydrogen-bond donors (Lipinski definition) is 0. The lowest BCUT2D eigenvalue weighted by molar-refractivity contribution is -0.134. The zero-order valence-electron chi connectivity index (χ0n) is 16.4. The molecule has 2 fully saturated rings. The van der Waals surface area contributed by atoms with Gasteiger partial charge >= 0.3 is 18.1 Å². The summed E-state index contributed by atoms with van der Waals surface area (Å²) in [6.07, 6.45) is 2.47. The van der Waals surface area contributed by atoms with Crippen LogP contribution in [0.3, 0.4) is 0 Å². The van der Waals surface area contributed by atoms with E-state index in [2.05, 4.69) is 9.72 Å². The van der Waals surface area contributed by atoms with Gasteiger partial charge in [0.25, 0.3) is 0 Å². The smallest absolute Gasteiger partial charge is 0.410 e. The topological polar surface area (TPSA) is 92.3 Å². The number of fused-ring (bicyclic) bond motifs is 1. The third-order valence-electron chi connectivity index (χ3n) is 4.34. The van der Waals surface area contributed by atoms with E-state index in [1.54, 1.807) is 26.2 Å². The maximum Gasteiger partial charge on any atom is 0.410 e. The second-order valence-corrected chi connectivity index (χ2v) is 8.41. The lowest BCUT2D eigenvalue weighted by Gasteiger charge is -2.36. The average Bonchev–Trinajstić information content (AvgIpc) is 3.22. The van der Waals surface area contributed by atoms with Crippen molar-refractivity contribution >= 4 is 40.6 Å². The average molecular weight is 408 g/mol. The fourth-order valence-electron chi connectivity index (χ4n) is 3.06. The van der Waals surface area contributed by atoms with Crippen LogP contribution in [0.4, 0.5) is 14.7 Å². The van der Waals surface area contributed by atoms with Crippen molar-refractivity contribution in [3.63, 3.8) is 0 Å². The Hall–Kier alpha value is -2.62. The lowest BCUT2D eigenvalue weighted by atomic mass is 10.2. The second kappa shape index (κ2) is 7.78. The molecule has 152 valence electrons. The molecule has 0 saturated carbocycles. The first kappa shape index (κ1) is 20.1. The maximum absolute atomic E-state index is 12.8. The molecule has 1 atom stereocenters. The Balaban J connectivity index is 1.66. The minimum absolute atomic E-state index is 0.105. The molecule has 9 nitrogen and oxygen atoms in total. The van der Waals surface area contributed by atoms with Crippen LogP contribution >= 0.6 is 11.3 Å². The summed E-state index contributed by atoms with van der Waals surface area (Å²) in [6, 6.07) is -0.224. The number of methoxy groups -OCH3 is 1. The SMILES string of the molecule is COC(=O)C=Cc1csc(N2C[C@@H]3CN(C(=O)OC(C)(C)C)CCN3C2=O)n1. The summed E-state index contributed by atoms with van der Waals surface area (Å²) in [5.74, 6) is -0.467. The molecule has 1 aromatic heterocycles.